The molecule has 0 atom stereocenters. The number of anilines is 1. The number of hydrogen-bond acceptors (Lipinski definition) is 4. The molecular weight excluding hydrogens is 340 g/mol. The summed E-state index contributed by atoms with van der Waals surface area (Å²) in [6.45, 7) is 7.03. The summed E-state index contributed by atoms with van der Waals surface area (Å²) in [6.07, 6.45) is 1.87. The molecule has 0 saturated carbocycles. The predicted octanol–water partition coefficient (Wildman–Crippen LogP) is 2.92. The maximum atomic E-state index is 13.2. The van der Waals surface area contributed by atoms with E-state index in [1.54, 1.807) is 7.11 Å². The van der Waals surface area contributed by atoms with E-state index in [1.807, 2.05) is 34.6 Å². The Balaban J connectivity index is 1.55. The van der Waals surface area contributed by atoms with Crippen LogP contribution in [0.3, 0.4) is 0 Å². The number of fused-ring (bicyclic) bond motifs is 1. The second kappa shape index (κ2) is 6.95. The molecule has 1 aliphatic rings. The van der Waals surface area contributed by atoms with Gasteiger partial charge < -0.3 is 14.5 Å². The van der Waals surface area contributed by atoms with Gasteiger partial charge in [0.15, 0.2) is 11.4 Å². The van der Waals surface area contributed by atoms with Crippen LogP contribution in [0.2, 0.25) is 0 Å². The van der Waals surface area contributed by atoms with Crippen LogP contribution in [0.25, 0.3) is 5.65 Å². The van der Waals surface area contributed by atoms with E-state index in [9.17, 15) is 4.79 Å². The first-order chi connectivity index (χ1) is 13.1. The van der Waals surface area contributed by atoms with Crippen molar-refractivity contribution in [2.75, 3.05) is 38.2 Å². The lowest BCUT2D eigenvalue weighted by molar-refractivity contribution is 0.0739. The highest BCUT2D eigenvalue weighted by atomic mass is 16.5. The van der Waals surface area contributed by atoms with Gasteiger partial charge in [-0.25, -0.2) is 4.98 Å². The summed E-state index contributed by atoms with van der Waals surface area (Å²) < 4.78 is 7.22. The van der Waals surface area contributed by atoms with Gasteiger partial charge in [-0.15, -0.1) is 0 Å². The number of imidazole rings is 1. The summed E-state index contributed by atoms with van der Waals surface area (Å²) in [5, 5.41) is 0. The van der Waals surface area contributed by atoms with Gasteiger partial charge in [-0.05, 0) is 43.7 Å². The molecule has 0 aliphatic carbocycles. The molecule has 6 nitrogen and oxygen atoms in total. The lowest BCUT2D eigenvalue weighted by Crippen LogP contribution is -2.49. The number of ether oxygens (including phenoxy) is 1. The van der Waals surface area contributed by atoms with Crippen LogP contribution in [0.1, 0.15) is 21.7 Å². The van der Waals surface area contributed by atoms with Crippen molar-refractivity contribution in [2.24, 2.45) is 0 Å². The Hall–Kier alpha value is -3.02. The molecule has 140 valence electrons. The average Bonchev–Trinajstić information content (AvgIpc) is 3.03. The molecule has 0 unspecified atom stereocenters. The SMILES string of the molecule is COc1cccn2c(C(=O)N3CCN(c4cccc(C)c4)CC3)c(C)nc12. The molecule has 4 rings (SSSR count). The van der Waals surface area contributed by atoms with Crippen LogP contribution >= 0.6 is 0 Å². The molecule has 3 aromatic rings. The van der Waals surface area contributed by atoms with E-state index in [2.05, 4.69) is 41.1 Å². The summed E-state index contributed by atoms with van der Waals surface area (Å²) in [4.78, 5) is 22.0. The van der Waals surface area contributed by atoms with Gasteiger partial charge in [-0.3, -0.25) is 9.20 Å². The normalized spacial score (nSPS) is 14.6. The fourth-order valence-electron chi connectivity index (χ4n) is 3.72. The molecular formula is C21H24N4O2. The third kappa shape index (κ3) is 3.12. The Morgan fingerprint density at radius 1 is 1.07 bits per heavy atom. The highest BCUT2D eigenvalue weighted by Crippen LogP contribution is 2.24. The van der Waals surface area contributed by atoms with Crippen LogP contribution in [0.5, 0.6) is 5.75 Å². The molecule has 1 fully saturated rings. The van der Waals surface area contributed by atoms with Gasteiger partial charge in [0.25, 0.3) is 5.91 Å². The summed E-state index contributed by atoms with van der Waals surface area (Å²) in [6, 6.07) is 12.2. The molecule has 0 bridgehead atoms. The molecule has 0 spiro atoms. The van der Waals surface area contributed by atoms with Crippen molar-refractivity contribution in [2.45, 2.75) is 13.8 Å². The van der Waals surface area contributed by atoms with Crippen molar-refractivity contribution in [3.8, 4) is 5.75 Å². The largest absolute Gasteiger partial charge is 0.493 e. The first kappa shape index (κ1) is 17.4. The van der Waals surface area contributed by atoms with Crippen LogP contribution in [-0.2, 0) is 0 Å². The topological polar surface area (TPSA) is 50.1 Å². The Morgan fingerprint density at radius 2 is 1.85 bits per heavy atom. The van der Waals surface area contributed by atoms with Crippen LogP contribution < -0.4 is 9.64 Å². The number of benzene rings is 1. The fourth-order valence-corrected chi connectivity index (χ4v) is 3.72. The summed E-state index contributed by atoms with van der Waals surface area (Å²) in [5.74, 6) is 0.695. The van der Waals surface area contributed by atoms with Crippen molar-refractivity contribution < 1.29 is 9.53 Å². The summed E-state index contributed by atoms with van der Waals surface area (Å²) in [7, 11) is 1.62. The van der Waals surface area contributed by atoms with Gasteiger partial charge in [0, 0.05) is 38.1 Å². The highest BCUT2D eigenvalue weighted by molar-refractivity contribution is 5.95. The highest BCUT2D eigenvalue weighted by Gasteiger charge is 2.27. The predicted molar refractivity (Wildman–Crippen MR) is 106 cm³/mol. The number of aromatic nitrogens is 2. The van der Waals surface area contributed by atoms with Crippen molar-refractivity contribution in [1.82, 2.24) is 14.3 Å². The molecule has 3 heterocycles. The van der Waals surface area contributed by atoms with Crippen LogP contribution in [0, 0.1) is 13.8 Å². The monoisotopic (exact) mass is 364 g/mol. The Kier molecular flexibility index (Phi) is 4.48. The molecule has 6 heteroatoms. The molecule has 1 amide bonds. The lowest BCUT2D eigenvalue weighted by Gasteiger charge is -2.36. The van der Waals surface area contributed by atoms with Gasteiger partial charge in [0.2, 0.25) is 0 Å². The minimum absolute atomic E-state index is 0.0251. The van der Waals surface area contributed by atoms with E-state index in [0.29, 0.717) is 30.2 Å². The second-order valence-corrected chi connectivity index (χ2v) is 6.93. The van der Waals surface area contributed by atoms with E-state index < -0.39 is 0 Å². The molecule has 1 saturated heterocycles. The third-order valence-electron chi connectivity index (χ3n) is 5.14. The number of aryl methyl sites for hydroxylation is 2. The lowest BCUT2D eigenvalue weighted by atomic mass is 10.2. The molecule has 27 heavy (non-hydrogen) atoms. The number of pyridine rings is 1. The van der Waals surface area contributed by atoms with Gasteiger partial charge in [-0.1, -0.05) is 12.1 Å². The molecule has 0 radical (unpaired) electrons. The smallest absolute Gasteiger partial charge is 0.272 e. The first-order valence-corrected chi connectivity index (χ1v) is 9.21. The van der Waals surface area contributed by atoms with Crippen molar-refractivity contribution in [3.05, 3.63) is 59.5 Å². The van der Waals surface area contributed by atoms with Gasteiger partial charge in [-0.2, -0.15) is 0 Å². The quantitative estimate of drug-likeness (QED) is 0.717. The molecule has 1 aliphatic heterocycles. The minimum atomic E-state index is 0.0251. The third-order valence-corrected chi connectivity index (χ3v) is 5.14. The van der Waals surface area contributed by atoms with E-state index in [0.717, 1.165) is 18.8 Å². The zero-order valence-corrected chi connectivity index (χ0v) is 16.0. The van der Waals surface area contributed by atoms with E-state index in [4.69, 9.17) is 4.74 Å². The number of carbonyl (C=O) groups is 1. The summed E-state index contributed by atoms with van der Waals surface area (Å²) in [5.41, 5.74) is 4.50. The number of rotatable bonds is 3. The number of hydrogen-bond donors (Lipinski definition) is 0. The molecule has 1 aromatic carbocycles. The maximum Gasteiger partial charge on any atom is 0.272 e. The Morgan fingerprint density at radius 3 is 2.56 bits per heavy atom. The zero-order chi connectivity index (χ0) is 19.0. The van der Waals surface area contributed by atoms with Crippen LogP contribution in [0.15, 0.2) is 42.6 Å². The van der Waals surface area contributed by atoms with Crippen LogP contribution in [0.4, 0.5) is 5.69 Å². The Labute approximate surface area is 159 Å². The number of carbonyl (C=O) groups excluding carboxylic acids is 1. The molecule has 2 aromatic heterocycles. The van der Waals surface area contributed by atoms with Gasteiger partial charge in [0.1, 0.15) is 5.69 Å². The Bertz CT molecular complexity index is 987. The van der Waals surface area contributed by atoms with Gasteiger partial charge in [0.05, 0.1) is 12.8 Å². The second-order valence-electron chi connectivity index (χ2n) is 6.93. The number of amides is 1. The molecule has 0 N–H and O–H groups in total. The average molecular weight is 364 g/mol. The minimum Gasteiger partial charge on any atom is -0.493 e. The number of piperazine rings is 1. The van der Waals surface area contributed by atoms with E-state index >= 15 is 0 Å². The van der Waals surface area contributed by atoms with Crippen molar-refractivity contribution in [1.29, 1.82) is 0 Å². The maximum absolute atomic E-state index is 13.2. The summed E-state index contributed by atoms with van der Waals surface area (Å²) >= 11 is 0. The standard InChI is InChI=1S/C21H24N4O2/c1-15-6-4-7-17(14-15)23-10-12-24(13-11-23)21(26)19-16(2)22-20-18(27-3)8-5-9-25(19)20/h4-9,14H,10-13H2,1-3H3. The van der Waals surface area contributed by atoms with E-state index in [-0.39, 0.29) is 5.91 Å². The first-order valence-electron chi connectivity index (χ1n) is 9.21. The van der Waals surface area contributed by atoms with Crippen LogP contribution in [-0.4, -0.2) is 53.5 Å². The number of nitrogens with zero attached hydrogens (tertiary/aromatic N) is 4. The van der Waals surface area contributed by atoms with Crippen molar-refractivity contribution in [3.63, 3.8) is 0 Å². The zero-order valence-electron chi connectivity index (χ0n) is 16.0. The number of methoxy groups -OCH3 is 1. The van der Waals surface area contributed by atoms with E-state index in [1.165, 1.54) is 11.3 Å². The fraction of sp³-hybridized carbons (Fsp3) is 0.333. The van der Waals surface area contributed by atoms with Crippen molar-refractivity contribution >= 4 is 17.2 Å². The van der Waals surface area contributed by atoms with Gasteiger partial charge >= 0.3 is 0 Å².